The van der Waals surface area contributed by atoms with Crippen LogP contribution in [0.2, 0.25) is 15.1 Å². The Labute approximate surface area is 177 Å². The van der Waals surface area contributed by atoms with Gasteiger partial charge in [0.15, 0.2) is 17.1 Å². The molecular weight excluding hydrogens is 425 g/mol. The minimum atomic E-state index is -0.269. The average Bonchev–Trinajstić information content (AvgIpc) is 3.04. The monoisotopic (exact) mass is 441 g/mol. The van der Waals surface area contributed by atoms with Crippen LogP contribution in [0.25, 0.3) is 0 Å². The highest BCUT2D eigenvalue weighted by Gasteiger charge is 2.19. The van der Waals surface area contributed by atoms with Gasteiger partial charge in [0, 0.05) is 27.4 Å². The third-order valence-electron chi connectivity index (χ3n) is 3.94. The van der Waals surface area contributed by atoms with Crippen LogP contribution < -0.4 is 4.74 Å². The van der Waals surface area contributed by atoms with Gasteiger partial charge in [-0.25, -0.2) is 0 Å². The number of aromatic nitrogens is 3. The van der Waals surface area contributed by atoms with Crippen LogP contribution in [0.1, 0.15) is 31.3 Å². The van der Waals surface area contributed by atoms with Gasteiger partial charge in [-0.2, -0.15) is 0 Å². The molecule has 0 bridgehead atoms. The number of nitrogens with zero attached hydrogens (tertiary/aromatic N) is 3. The lowest BCUT2D eigenvalue weighted by Crippen LogP contribution is -2.12. The predicted molar refractivity (Wildman–Crippen MR) is 112 cm³/mol. The third kappa shape index (κ3) is 4.91. The van der Waals surface area contributed by atoms with Crippen LogP contribution >= 0.6 is 46.6 Å². The second kappa shape index (κ2) is 9.20. The summed E-state index contributed by atoms with van der Waals surface area (Å²) in [5, 5.41) is 11.4. The smallest absolute Gasteiger partial charge is 0.191 e. The lowest BCUT2D eigenvalue weighted by Gasteiger charge is -2.16. The second-order valence-corrected chi connectivity index (χ2v) is 7.98. The summed E-state index contributed by atoms with van der Waals surface area (Å²) in [7, 11) is 0. The number of ether oxygens (including phenoxy) is 1. The van der Waals surface area contributed by atoms with Crippen LogP contribution in [0.3, 0.4) is 0 Å². The number of rotatable bonds is 7. The van der Waals surface area contributed by atoms with Crippen LogP contribution in [0.15, 0.2) is 47.6 Å². The van der Waals surface area contributed by atoms with Crippen molar-refractivity contribution in [2.24, 2.45) is 0 Å². The van der Waals surface area contributed by atoms with Gasteiger partial charge in [0.25, 0.3) is 0 Å². The summed E-state index contributed by atoms with van der Waals surface area (Å²) in [5.41, 5.74) is 0.890. The Hall–Kier alpha value is -1.40. The molecule has 1 aromatic heterocycles. The van der Waals surface area contributed by atoms with E-state index < -0.39 is 0 Å². The minimum Gasteiger partial charge on any atom is -0.483 e. The molecule has 0 saturated heterocycles. The first-order chi connectivity index (χ1) is 13.0. The average molecular weight is 443 g/mol. The number of benzene rings is 2. The fourth-order valence-electron chi connectivity index (χ4n) is 2.61. The van der Waals surface area contributed by atoms with E-state index in [2.05, 4.69) is 10.2 Å². The molecule has 4 nitrogen and oxygen atoms in total. The molecule has 0 radical (unpaired) electrons. The fraction of sp³-hybridized carbons (Fsp3) is 0.263. The Balaban J connectivity index is 1.76. The van der Waals surface area contributed by atoms with Crippen LogP contribution in [-0.4, -0.2) is 14.8 Å². The Morgan fingerprint density at radius 1 is 1.07 bits per heavy atom. The summed E-state index contributed by atoms with van der Waals surface area (Å²) in [6.07, 6.45) is -0.269. The van der Waals surface area contributed by atoms with Crippen molar-refractivity contribution in [1.29, 1.82) is 0 Å². The first-order valence-corrected chi connectivity index (χ1v) is 10.5. The first-order valence-electron chi connectivity index (χ1n) is 8.40. The molecule has 3 rings (SSSR count). The maximum absolute atomic E-state index is 6.26. The molecule has 0 N–H and O–H groups in total. The molecular formula is C19H18Cl3N3OS. The third-order valence-corrected chi connectivity index (χ3v) is 5.88. The molecule has 1 atom stereocenters. The summed E-state index contributed by atoms with van der Waals surface area (Å²) in [6, 6.07) is 12.8. The van der Waals surface area contributed by atoms with Crippen molar-refractivity contribution in [1.82, 2.24) is 14.8 Å². The number of hydrogen-bond acceptors (Lipinski definition) is 4. The largest absolute Gasteiger partial charge is 0.483 e. The predicted octanol–water partition coefficient (Wildman–Crippen LogP) is 6.69. The molecule has 27 heavy (non-hydrogen) atoms. The zero-order chi connectivity index (χ0) is 19.4. The van der Waals surface area contributed by atoms with E-state index >= 15 is 0 Å². The highest BCUT2D eigenvalue weighted by molar-refractivity contribution is 7.98. The Kier molecular flexibility index (Phi) is 6.93. The topological polar surface area (TPSA) is 39.9 Å². The summed E-state index contributed by atoms with van der Waals surface area (Å²) < 4.78 is 8.01. The van der Waals surface area contributed by atoms with Crippen LogP contribution in [0, 0.1) is 0 Å². The van der Waals surface area contributed by atoms with Gasteiger partial charge in [-0.05, 0) is 49.7 Å². The molecule has 0 aliphatic rings. The van der Waals surface area contributed by atoms with Crippen molar-refractivity contribution < 1.29 is 4.74 Å². The van der Waals surface area contributed by atoms with E-state index in [9.17, 15) is 0 Å². The maximum Gasteiger partial charge on any atom is 0.191 e. The quantitative estimate of drug-likeness (QED) is 0.382. The van der Waals surface area contributed by atoms with Crippen molar-refractivity contribution >= 4 is 46.6 Å². The van der Waals surface area contributed by atoms with Crippen LogP contribution in [-0.2, 0) is 12.3 Å². The van der Waals surface area contributed by atoms with Gasteiger partial charge in [-0.15, -0.1) is 10.2 Å². The van der Waals surface area contributed by atoms with Gasteiger partial charge in [0.1, 0.15) is 5.75 Å². The van der Waals surface area contributed by atoms with E-state index in [1.807, 2.05) is 54.8 Å². The fourth-order valence-corrected chi connectivity index (χ4v) is 4.54. The van der Waals surface area contributed by atoms with Gasteiger partial charge < -0.3 is 9.30 Å². The molecule has 0 saturated carbocycles. The molecule has 2 aromatic carbocycles. The van der Waals surface area contributed by atoms with Gasteiger partial charge in [-0.1, -0.05) is 58.7 Å². The van der Waals surface area contributed by atoms with E-state index in [-0.39, 0.29) is 6.10 Å². The lowest BCUT2D eigenvalue weighted by molar-refractivity contribution is 0.210. The van der Waals surface area contributed by atoms with Crippen LogP contribution in [0.4, 0.5) is 0 Å². The van der Waals surface area contributed by atoms with Gasteiger partial charge in [-0.3, -0.25) is 0 Å². The van der Waals surface area contributed by atoms with E-state index in [4.69, 9.17) is 39.5 Å². The number of thioether (sulfide) groups is 1. The molecule has 0 spiro atoms. The zero-order valence-electron chi connectivity index (χ0n) is 14.8. The zero-order valence-corrected chi connectivity index (χ0v) is 17.9. The number of hydrogen-bond donors (Lipinski definition) is 0. The SMILES string of the molecule is CCn1c(SCc2c(Cl)cccc2Cl)nnc1C(C)Oc1cccc(Cl)c1. The molecule has 142 valence electrons. The first kappa shape index (κ1) is 20.3. The molecule has 0 fully saturated rings. The van der Waals surface area contributed by atoms with Crippen molar-refractivity contribution in [3.05, 3.63) is 68.9 Å². The highest BCUT2D eigenvalue weighted by Crippen LogP contribution is 2.32. The van der Waals surface area contributed by atoms with Crippen molar-refractivity contribution in [2.45, 2.75) is 37.4 Å². The van der Waals surface area contributed by atoms with Gasteiger partial charge >= 0.3 is 0 Å². The van der Waals surface area contributed by atoms with E-state index in [0.29, 0.717) is 26.6 Å². The van der Waals surface area contributed by atoms with Crippen molar-refractivity contribution in [2.75, 3.05) is 0 Å². The minimum absolute atomic E-state index is 0.269. The molecule has 8 heteroatoms. The van der Waals surface area contributed by atoms with Gasteiger partial charge in [0.2, 0.25) is 0 Å². The normalized spacial score (nSPS) is 12.2. The van der Waals surface area contributed by atoms with E-state index in [1.54, 1.807) is 17.8 Å². The van der Waals surface area contributed by atoms with E-state index in [0.717, 1.165) is 23.1 Å². The molecule has 0 aliphatic carbocycles. The summed E-state index contributed by atoms with van der Waals surface area (Å²) >= 11 is 20.1. The summed E-state index contributed by atoms with van der Waals surface area (Å²) in [4.78, 5) is 0. The summed E-state index contributed by atoms with van der Waals surface area (Å²) in [5.74, 6) is 2.06. The van der Waals surface area contributed by atoms with E-state index in [1.165, 1.54) is 0 Å². The Morgan fingerprint density at radius 3 is 2.44 bits per heavy atom. The number of halogens is 3. The molecule has 3 aromatic rings. The molecule has 0 aliphatic heterocycles. The van der Waals surface area contributed by atoms with Crippen molar-refractivity contribution in [3.63, 3.8) is 0 Å². The highest BCUT2D eigenvalue weighted by atomic mass is 35.5. The molecule has 0 amide bonds. The van der Waals surface area contributed by atoms with Crippen molar-refractivity contribution in [3.8, 4) is 5.75 Å². The molecule has 1 heterocycles. The molecule has 1 unspecified atom stereocenters. The summed E-state index contributed by atoms with van der Waals surface area (Å²) in [6.45, 7) is 4.71. The lowest BCUT2D eigenvalue weighted by atomic mass is 10.2. The Bertz CT molecular complexity index is 912. The van der Waals surface area contributed by atoms with Crippen LogP contribution in [0.5, 0.6) is 5.75 Å². The standard InChI is InChI=1S/C19H18Cl3N3OS/c1-3-25-18(12(2)26-14-7-4-6-13(20)10-14)23-24-19(25)27-11-15-16(21)8-5-9-17(15)22/h4-10,12H,3,11H2,1-2H3. The Morgan fingerprint density at radius 2 is 1.78 bits per heavy atom. The second-order valence-electron chi connectivity index (χ2n) is 5.79. The van der Waals surface area contributed by atoms with Gasteiger partial charge in [0.05, 0.1) is 0 Å². The maximum atomic E-state index is 6.26.